The van der Waals surface area contributed by atoms with E-state index in [4.69, 9.17) is 19.6 Å². The molecule has 9 nitrogen and oxygen atoms in total. The zero-order chi connectivity index (χ0) is 17.3. The van der Waals surface area contributed by atoms with Crippen LogP contribution in [0.15, 0.2) is 53.6 Å². The molecular weight excluding hydrogens is 346 g/mol. The Hall–Kier alpha value is -1.86. The molecule has 2 aromatic rings. The van der Waals surface area contributed by atoms with Gasteiger partial charge in [0, 0.05) is 17.2 Å². The first-order valence-electron chi connectivity index (χ1n) is 6.08. The summed E-state index contributed by atoms with van der Waals surface area (Å²) in [7, 11) is -8.74. The minimum Gasteiger partial charge on any atom is -0.594 e. The molecule has 0 atom stereocenters. The minimum absolute atomic E-state index is 0.0428. The van der Waals surface area contributed by atoms with Gasteiger partial charge in [-0.25, -0.2) is 0 Å². The maximum Gasteiger partial charge on any atom is 0.356 e. The lowest BCUT2D eigenvalue weighted by atomic mass is 10.3. The van der Waals surface area contributed by atoms with E-state index < -0.39 is 15.2 Å². The molecule has 0 amide bonds. The largest absolute Gasteiger partial charge is 0.594 e. The molecule has 0 saturated heterocycles. The maximum atomic E-state index is 11.9. The van der Waals surface area contributed by atoms with Crippen molar-refractivity contribution in [2.24, 2.45) is 5.11 Å². The highest BCUT2D eigenvalue weighted by Gasteiger charge is 2.18. The number of hydrogen-bond acceptors (Lipinski definition) is 4. The van der Waals surface area contributed by atoms with Crippen LogP contribution in [0.4, 0.5) is 11.4 Å². The van der Waals surface area contributed by atoms with E-state index in [0.717, 1.165) is 24.3 Å². The van der Waals surface area contributed by atoms with Gasteiger partial charge < -0.3 is 24.8 Å². The molecule has 0 bridgehead atoms. The highest BCUT2D eigenvalue weighted by atomic mass is 31.2. The fraction of sp³-hybridized carbons (Fsp3) is 0. The van der Waals surface area contributed by atoms with Crippen molar-refractivity contribution in [3.05, 3.63) is 53.7 Å². The first-order chi connectivity index (χ1) is 10.6. The molecule has 2 aromatic carbocycles. The van der Waals surface area contributed by atoms with E-state index >= 15 is 0 Å². The molecule has 0 aliphatic rings. The summed E-state index contributed by atoms with van der Waals surface area (Å²) in [5.74, 6) is 0. The Bertz CT molecular complexity index is 821. The number of nitrogens with zero attached hydrogens (tertiary/aromatic N) is 2. The first-order valence-corrected chi connectivity index (χ1v) is 9.31. The van der Waals surface area contributed by atoms with Crippen LogP contribution in [-0.4, -0.2) is 24.4 Å². The standard InChI is InChI=1S/C12H12N2O7P2/c15-14(10-3-7-12(8-4-10)23(19,20)21)13-9-1-5-11(6-2-9)22(16,17)18/h1-8H,(H2,16,17,18)(H2,19,20,21). The lowest BCUT2D eigenvalue weighted by Crippen LogP contribution is -2.03. The molecule has 0 unspecified atom stereocenters. The summed E-state index contributed by atoms with van der Waals surface area (Å²) in [6.45, 7) is 0. The molecule has 11 heteroatoms. The summed E-state index contributed by atoms with van der Waals surface area (Å²) >= 11 is 0. The minimum atomic E-state index is -4.38. The van der Waals surface area contributed by atoms with Crippen LogP contribution in [0.2, 0.25) is 0 Å². The monoisotopic (exact) mass is 358 g/mol. The molecule has 0 saturated carbocycles. The Balaban J connectivity index is 2.26. The van der Waals surface area contributed by atoms with Crippen LogP contribution in [0.5, 0.6) is 0 Å². The van der Waals surface area contributed by atoms with Gasteiger partial charge >= 0.3 is 15.2 Å². The van der Waals surface area contributed by atoms with E-state index in [0.29, 0.717) is 0 Å². The number of benzene rings is 2. The van der Waals surface area contributed by atoms with Crippen molar-refractivity contribution in [3.8, 4) is 0 Å². The van der Waals surface area contributed by atoms with Crippen LogP contribution in [0.25, 0.3) is 0 Å². The molecule has 0 radical (unpaired) electrons. The predicted octanol–water partition coefficient (Wildman–Crippen LogP) is 1.22. The van der Waals surface area contributed by atoms with E-state index in [1.54, 1.807) is 0 Å². The van der Waals surface area contributed by atoms with Gasteiger partial charge in [-0.2, -0.15) is 0 Å². The van der Waals surface area contributed by atoms with E-state index in [9.17, 15) is 14.3 Å². The van der Waals surface area contributed by atoms with E-state index in [1.807, 2.05) is 0 Å². The topological polar surface area (TPSA) is 153 Å². The van der Waals surface area contributed by atoms with Gasteiger partial charge in [-0.15, -0.1) is 0 Å². The summed E-state index contributed by atoms with van der Waals surface area (Å²) in [4.78, 5) is 36.1. The molecule has 4 N–H and O–H groups in total. The fourth-order valence-corrected chi connectivity index (χ4v) is 2.73. The van der Waals surface area contributed by atoms with Crippen LogP contribution in [0, 0.1) is 5.21 Å². The molecule has 23 heavy (non-hydrogen) atoms. The zero-order valence-corrected chi connectivity index (χ0v) is 13.2. The van der Waals surface area contributed by atoms with Crippen molar-refractivity contribution >= 4 is 37.2 Å². The third kappa shape index (κ3) is 4.56. The average Bonchev–Trinajstić information content (AvgIpc) is 2.46. The Labute approximate surface area is 130 Å². The van der Waals surface area contributed by atoms with Gasteiger partial charge in [0.05, 0.1) is 10.6 Å². The summed E-state index contributed by atoms with van der Waals surface area (Å²) in [5.41, 5.74) is 0.206. The van der Waals surface area contributed by atoms with Gasteiger partial charge in [0.25, 0.3) is 0 Å². The Morgan fingerprint density at radius 3 is 1.57 bits per heavy atom. The van der Waals surface area contributed by atoms with Crippen molar-refractivity contribution < 1.29 is 33.6 Å². The van der Waals surface area contributed by atoms with Crippen LogP contribution >= 0.6 is 15.2 Å². The number of rotatable bonds is 4. The molecule has 0 heterocycles. The molecular formula is C12H12N2O7P2. The van der Waals surface area contributed by atoms with Gasteiger partial charge in [0.2, 0.25) is 5.69 Å². The maximum absolute atomic E-state index is 11.9. The van der Waals surface area contributed by atoms with Gasteiger partial charge in [0.1, 0.15) is 5.69 Å². The van der Waals surface area contributed by atoms with Gasteiger partial charge in [-0.05, 0) is 36.4 Å². The van der Waals surface area contributed by atoms with Crippen molar-refractivity contribution in [1.82, 2.24) is 0 Å². The highest BCUT2D eigenvalue weighted by molar-refractivity contribution is 7.60. The van der Waals surface area contributed by atoms with E-state index in [-0.39, 0.29) is 26.8 Å². The van der Waals surface area contributed by atoms with Gasteiger partial charge in [-0.1, -0.05) is 4.86 Å². The van der Waals surface area contributed by atoms with Gasteiger partial charge in [0.15, 0.2) is 0 Å². The summed E-state index contributed by atoms with van der Waals surface area (Å²) in [6, 6.07) is 9.49. The molecule has 2 rings (SSSR count). The smallest absolute Gasteiger partial charge is 0.356 e. The van der Waals surface area contributed by atoms with Crippen molar-refractivity contribution in [3.63, 3.8) is 0 Å². The van der Waals surface area contributed by atoms with Crippen LogP contribution in [-0.2, 0) is 9.13 Å². The second-order valence-corrected chi connectivity index (χ2v) is 7.70. The van der Waals surface area contributed by atoms with Crippen LogP contribution < -0.4 is 10.6 Å². The van der Waals surface area contributed by atoms with Crippen LogP contribution in [0.1, 0.15) is 0 Å². The van der Waals surface area contributed by atoms with Crippen molar-refractivity contribution in [1.29, 1.82) is 0 Å². The third-order valence-corrected chi connectivity index (χ3v) is 4.74. The molecule has 0 spiro atoms. The van der Waals surface area contributed by atoms with Crippen LogP contribution in [0.3, 0.4) is 0 Å². The second kappa shape index (κ2) is 6.33. The lowest BCUT2D eigenvalue weighted by molar-refractivity contribution is -0.435. The predicted molar refractivity (Wildman–Crippen MR) is 81.6 cm³/mol. The Morgan fingerprint density at radius 2 is 1.17 bits per heavy atom. The van der Waals surface area contributed by atoms with Gasteiger partial charge in [-0.3, -0.25) is 9.13 Å². The zero-order valence-electron chi connectivity index (χ0n) is 11.4. The first kappa shape index (κ1) is 17.5. The Kier molecular flexibility index (Phi) is 4.81. The fourth-order valence-electron chi connectivity index (χ4n) is 1.65. The van der Waals surface area contributed by atoms with Crippen molar-refractivity contribution in [2.45, 2.75) is 0 Å². The molecule has 0 aliphatic carbocycles. The molecule has 122 valence electrons. The van der Waals surface area contributed by atoms with E-state index in [2.05, 4.69) is 5.11 Å². The van der Waals surface area contributed by atoms with E-state index in [1.165, 1.54) is 24.3 Å². The quantitative estimate of drug-likeness (QED) is 0.277. The van der Waals surface area contributed by atoms with Crippen molar-refractivity contribution in [2.75, 3.05) is 0 Å². The molecule has 0 aliphatic heterocycles. The third-order valence-electron chi connectivity index (χ3n) is 2.80. The summed E-state index contributed by atoms with van der Waals surface area (Å²) in [5, 5.41) is 15.1. The average molecular weight is 358 g/mol. The second-order valence-electron chi connectivity index (χ2n) is 4.49. The molecule has 0 aromatic heterocycles. The Morgan fingerprint density at radius 1 is 0.783 bits per heavy atom. The lowest BCUT2D eigenvalue weighted by Gasteiger charge is -2.05. The number of azo groups is 1. The summed E-state index contributed by atoms with van der Waals surface area (Å²) < 4.78 is 22.1. The normalized spacial score (nSPS) is 13.1. The highest BCUT2D eigenvalue weighted by Crippen LogP contribution is 2.34. The number of hydrogen-bond donors (Lipinski definition) is 4. The summed E-state index contributed by atoms with van der Waals surface area (Å²) in [6.07, 6.45) is 0. The molecule has 0 fully saturated rings. The SMILES string of the molecule is O=P(O)(O)c1ccc(N=[N+]([O-])c2ccc(P(=O)(O)O)cc2)cc1.